The molecule has 0 aliphatic rings. The van der Waals surface area contributed by atoms with E-state index in [-0.39, 0.29) is 0 Å². The highest BCUT2D eigenvalue weighted by molar-refractivity contribution is 8.02. The maximum atomic E-state index is 5.64. The number of para-hydroxylation sites is 1. The number of thioether (sulfide) groups is 1. The van der Waals surface area contributed by atoms with E-state index >= 15 is 0 Å². The molecule has 2 aromatic carbocycles. The molecular weight excluding hydrogens is 240 g/mol. The fourth-order valence-electron chi connectivity index (χ4n) is 1.48. The Morgan fingerprint density at radius 1 is 0.944 bits per heavy atom. The van der Waals surface area contributed by atoms with Gasteiger partial charge in [-0.1, -0.05) is 55.1 Å². The maximum absolute atomic E-state index is 5.64. The molecule has 0 atom stereocenters. The molecule has 0 N–H and O–H groups in total. The van der Waals surface area contributed by atoms with Gasteiger partial charge in [-0.05, 0) is 17.7 Å². The molecule has 0 spiro atoms. The van der Waals surface area contributed by atoms with E-state index in [0.29, 0.717) is 6.61 Å². The van der Waals surface area contributed by atoms with Gasteiger partial charge in [0.25, 0.3) is 0 Å². The van der Waals surface area contributed by atoms with Gasteiger partial charge < -0.3 is 4.74 Å². The summed E-state index contributed by atoms with van der Waals surface area (Å²) in [7, 11) is 0. The Labute approximate surface area is 112 Å². The summed E-state index contributed by atoms with van der Waals surface area (Å²) in [5.41, 5.74) is 1.31. The van der Waals surface area contributed by atoms with Crippen LogP contribution in [0.25, 0.3) is 0 Å². The number of rotatable bonds is 6. The van der Waals surface area contributed by atoms with Crippen LogP contribution in [0.3, 0.4) is 0 Å². The normalized spacial score (nSPS) is 10.0. The second-order valence-electron chi connectivity index (χ2n) is 3.91. The van der Waals surface area contributed by atoms with Gasteiger partial charge in [-0.2, -0.15) is 0 Å². The van der Waals surface area contributed by atoms with Crippen LogP contribution in [-0.4, -0.2) is 6.61 Å². The van der Waals surface area contributed by atoms with Gasteiger partial charge in [-0.15, -0.1) is 11.8 Å². The van der Waals surface area contributed by atoms with E-state index in [9.17, 15) is 0 Å². The molecular formula is C16H16OS. The number of benzene rings is 2. The first-order valence-corrected chi connectivity index (χ1v) is 6.85. The molecule has 0 amide bonds. The van der Waals surface area contributed by atoms with Gasteiger partial charge in [0, 0.05) is 10.7 Å². The first-order valence-electron chi connectivity index (χ1n) is 5.87. The molecule has 1 nitrogen and oxygen atoms in total. The summed E-state index contributed by atoms with van der Waals surface area (Å²) < 4.78 is 5.64. The number of ether oxygens (including phenoxy) is 1. The summed E-state index contributed by atoms with van der Waals surface area (Å²) in [6.07, 6.45) is 0. The monoisotopic (exact) mass is 256 g/mol. The van der Waals surface area contributed by atoms with Crippen molar-refractivity contribution in [3.63, 3.8) is 0 Å². The quantitative estimate of drug-likeness (QED) is 0.752. The number of hydrogen-bond acceptors (Lipinski definition) is 2. The molecule has 0 aliphatic heterocycles. The van der Waals surface area contributed by atoms with Gasteiger partial charge in [-0.25, -0.2) is 0 Å². The van der Waals surface area contributed by atoms with E-state index in [1.54, 1.807) is 11.8 Å². The minimum atomic E-state index is 0.557. The van der Waals surface area contributed by atoms with Gasteiger partial charge in [0.1, 0.15) is 12.4 Å². The van der Waals surface area contributed by atoms with E-state index < -0.39 is 0 Å². The first-order chi connectivity index (χ1) is 8.84. The van der Waals surface area contributed by atoms with Crippen molar-refractivity contribution in [1.82, 2.24) is 0 Å². The van der Waals surface area contributed by atoms with E-state index in [0.717, 1.165) is 16.4 Å². The maximum Gasteiger partial charge on any atom is 0.119 e. The molecule has 2 rings (SSSR count). The van der Waals surface area contributed by atoms with E-state index in [1.165, 1.54) is 5.56 Å². The molecule has 0 saturated heterocycles. The van der Waals surface area contributed by atoms with Crippen molar-refractivity contribution in [3.8, 4) is 5.75 Å². The van der Waals surface area contributed by atoms with Crippen LogP contribution in [0.5, 0.6) is 5.75 Å². The zero-order valence-corrected chi connectivity index (χ0v) is 11.0. The van der Waals surface area contributed by atoms with Crippen molar-refractivity contribution >= 4 is 11.8 Å². The summed E-state index contributed by atoms with van der Waals surface area (Å²) in [6, 6.07) is 20.2. The Bertz CT molecular complexity index is 433. The second kappa shape index (κ2) is 6.92. The van der Waals surface area contributed by atoms with Gasteiger partial charge >= 0.3 is 0 Å². The zero-order chi connectivity index (χ0) is 12.6. The summed E-state index contributed by atoms with van der Waals surface area (Å²) in [5, 5.41) is 0. The summed E-state index contributed by atoms with van der Waals surface area (Å²) in [6.45, 7) is 4.58. The third-order valence-corrected chi connectivity index (χ3v) is 3.43. The van der Waals surface area contributed by atoms with Crippen molar-refractivity contribution in [1.29, 1.82) is 0 Å². The Hall–Kier alpha value is -1.67. The van der Waals surface area contributed by atoms with Crippen LogP contribution < -0.4 is 4.74 Å². The van der Waals surface area contributed by atoms with Gasteiger partial charge in [-0.3, -0.25) is 0 Å². The summed E-state index contributed by atoms with van der Waals surface area (Å²) in [4.78, 5) is 1.04. The van der Waals surface area contributed by atoms with Crippen LogP contribution in [-0.2, 0) is 5.75 Å². The lowest BCUT2D eigenvalue weighted by molar-refractivity contribution is 0.360. The standard InChI is InChI=1S/C16H16OS/c1-14(12-17-16-10-6-3-7-11-16)18-13-15-8-4-2-5-9-15/h2-11H,1,12-13H2. The Morgan fingerprint density at radius 2 is 1.56 bits per heavy atom. The van der Waals surface area contributed by atoms with Gasteiger partial charge in [0.2, 0.25) is 0 Å². The molecule has 0 radical (unpaired) electrons. The predicted molar refractivity (Wildman–Crippen MR) is 78.8 cm³/mol. The lowest BCUT2D eigenvalue weighted by atomic mass is 10.2. The van der Waals surface area contributed by atoms with Crippen molar-refractivity contribution in [3.05, 3.63) is 77.7 Å². The lowest BCUT2D eigenvalue weighted by Crippen LogP contribution is -1.98. The smallest absolute Gasteiger partial charge is 0.119 e. The minimum Gasteiger partial charge on any atom is -0.488 e. The molecule has 0 aliphatic carbocycles. The van der Waals surface area contributed by atoms with Crippen LogP contribution in [0.15, 0.2) is 72.1 Å². The fourth-order valence-corrected chi connectivity index (χ4v) is 2.19. The van der Waals surface area contributed by atoms with Crippen LogP contribution in [0.2, 0.25) is 0 Å². The highest BCUT2D eigenvalue weighted by Gasteiger charge is 1.98. The SMILES string of the molecule is C=C(COc1ccccc1)SCc1ccccc1. The average molecular weight is 256 g/mol. The first kappa shape index (κ1) is 12.8. The third-order valence-electron chi connectivity index (χ3n) is 2.43. The van der Waals surface area contributed by atoms with Crippen molar-refractivity contribution in [2.75, 3.05) is 6.61 Å². The average Bonchev–Trinajstić information content (AvgIpc) is 2.45. The molecule has 2 aromatic rings. The second-order valence-corrected chi connectivity index (χ2v) is 5.07. The Kier molecular flexibility index (Phi) is 4.91. The zero-order valence-electron chi connectivity index (χ0n) is 10.2. The molecule has 92 valence electrons. The van der Waals surface area contributed by atoms with Crippen LogP contribution in [0.4, 0.5) is 0 Å². The van der Waals surface area contributed by atoms with Crippen molar-refractivity contribution < 1.29 is 4.74 Å². The molecule has 0 saturated carbocycles. The minimum absolute atomic E-state index is 0.557. The molecule has 0 unspecified atom stereocenters. The van der Waals surface area contributed by atoms with Crippen molar-refractivity contribution in [2.45, 2.75) is 5.75 Å². The Balaban J connectivity index is 1.73. The van der Waals surface area contributed by atoms with Crippen LogP contribution in [0, 0.1) is 0 Å². The lowest BCUT2D eigenvalue weighted by Gasteiger charge is -2.08. The molecule has 0 bridgehead atoms. The van der Waals surface area contributed by atoms with Gasteiger partial charge in [0.15, 0.2) is 0 Å². The Morgan fingerprint density at radius 3 is 2.22 bits per heavy atom. The highest BCUT2D eigenvalue weighted by Crippen LogP contribution is 2.20. The van der Waals surface area contributed by atoms with Crippen molar-refractivity contribution in [2.24, 2.45) is 0 Å². The van der Waals surface area contributed by atoms with E-state index in [2.05, 4.69) is 30.8 Å². The van der Waals surface area contributed by atoms with Crippen LogP contribution >= 0.6 is 11.8 Å². The molecule has 2 heteroatoms. The summed E-state index contributed by atoms with van der Waals surface area (Å²) >= 11 is 1.73. The summed E-state index contributed by atoms with van der Waals surface area (Å²) in [5.74, 6) is 1.83. The largest absolute Gasteiger partial charge is 0.488 e. The number of hydrogen-bond donors (Lipinski definition) is 0. The molecule has 18 heavy (non-hydrogen) atoms. The fraction of sp³-hybridized carbons (Fsp3) is 0.125. The van der Waals surface area contributed by atoms with Crippen LogP contribution in [0.1, 0.15) is 5.56 Å². The molecule has 0 fully saturated rings. The molecule has 0 aromatic heterocycles. The predicted octanol–water partition coefficient (Wildman–Crippen LogP) is 4.51. The molecule has 0 heterocycles. The van der Waals surface area contributed by atoms with E-state index in [1.807, 2.05) is 36.4 Å². The third kappa shape index (κ3) is 4.30. The van der Waals surface area contributed by atoms with Gasteiger partial charge in [0.05, 0.1) is 0 Å². The highest BCUT2D eigenvalue weighted by atomic mass is 32.2. The van der Waals surface area contributed by atoms with E-state index in [4.69, 9.17) is 4.74 Å². The topological polar surface area (TPSA) is 9.23 Å².